The molecule has 0 spiro atoms. The fraction of sp³-hybridized carbons (Fsp3) is 0.261. The van der Waals surface area contributed by atoms with E-state index in [0.717, 1.165) is 22.8 Å². The van der Waals surface area contributed by atoms with Gasteiger partial charge in [-0.1, -0.05) is 17.7 Å². The zero-order chi connectivity index (χ0) is 29.6. The molecule has 214 valence electrons. The van der Waals surface area contributed by atoms with Gasteiger partial charge in [-0.3, -0.25) is 14.3 Å². The van der Waals surface area contributed by atoms with Crippen LogP contribution >= 0.6 is 11.6 Å². The van der Waals surface area contributed by atoms with Crippen LogP contribution < -0.4 is 20.7 Å². The number of aliphatic hydroxyl groups is 1. The Kier molecular flexibility index (Phi) is 7.60. The molecule has 17 heteroatoms. The van der Waals surface area contributed by atoms with Gasteiger partial charge >= 0.3 is 18.2 Å². The Morgan fingerprint density at radius 2 is 1.77 bits per heavy atom. The zero-order valence-electron chi connectivity index (χ0n) is 19.9. The van der Waals surface area contributed by atoms with Crippen LogP contribution in [-0.4, -0.2) is 42.9 Å². The van der Waals surface area contributed by atoms with Crippen molar-refractivity contribution in [1.29, 1.82) is 0 Å². The number of hydrogen-bond acceptors (Lipinski definition) is 6. The molecule has 0 aliphatic heterocycles. The van der Waals surface area contributed by atoms with Crippen molar-refractivity contribution in [3.05, 3.63) is 73.6 Å². The van der Waals surface area contributed by atoms with Crippen molar-refractivity contribution in [1.82, 2.24) is 19.1 Å². The highest BCUT2D eigenvalue weighted by molar-refractivity contribution is 6.30. The molecule has 2 heterocycles. The zero-order valence-corrected chi connectivity index (χ0v) is 20.7. The first kappa shape index (κ1) is 28.9. The Bertz CT molecular complexity index is 1690. The van der Waals surface area contributed by atoms with Crippen molar-refractivity contribution in [2.45, 2.75) is 31.8 Å². The van der Waals surface area contributed by atoms with Gasteiger partial charge in [0, 0.05) is 12.6 Å². The maximum atomic E-state index is 13.7. The van der Waals surface area contributed by atoms with Gasteiger partial charge in [0.25, 0.3) is 5.56 Å². The Morgan fingerprint density at radius 3 is 2.40 bits per heavy atom. The number of benzene rings is 2. The largest absolute Gasteiger partial charge is 0.573 e. The molecule has 0 saturated carbocycles. The maximum Gasteiger partial charge on any atom is 0.573 e. The summed E-state index contributed by atoms with van der Waals surface area (Å²) in [7, 11) is 1.23. The van der Waals surface area contributed by atoms with Gasteiger partial charge in [-0.25, -0.2) is 14.2 Å². The number of ether oxygens (including phenoxy) is 2. The molecule has 0 aliphatic rings. The van der Waals surface area contributed by atoms with Crippen LogP contribution in [0.2, 0.25) is 5.02 Å². The number of nitrogens with zero attached hydrogens (tertiary/aromatic N) is 3. The molecule has 2 N–H and O–H groups in total. The van der Waals surface area contributed by atoms with Crippen molar-refractivity contribution in [3.8, 4) is 22.9 Å². The molecular weight excluding hydrogens is 581 g/mol. The van der Waals surface area contributed by atoms with Gasteiger partial charge in [-0.05, 0) is 35.9 Å². The number of halogens is 8. The summed E-state index contributed by atoms with van der Waals surface area (Å²) in [5.41, 5.74) is -3.17. The van der Waals surface area contributed by atoms with Crippen LogP contribution in [0, 0.1) is 5.82 Å². The molecule has 0 bridgehead atoms. The lowest BCUT2D eigenvalue weighted by molar-refractivity contribution is -0.275. The van der Waals surface area contributed by atoms with E-state index in [0.29, 0.717) is 4.57 Å². The molecule has 2 aromatic carbocycles. The minimum absolute atomic E-state index is 0.113. The van der Waals surface area contributed by atoms with Gasteiger partial charge in [-0.15, -0.1) is 13.2 Å². The summed E-state index contributed by atoms with van der Waals surface area (Å²) in [5.74, 6) is -2.29. The molecule has 0 fully saturated rings. The van der Waals surface area contributed by atoms with Gasteiger partial charge in [0.1, 0.15) is 18.2 Å². The molecule has 1 atom stereocenters. The number of aryl methyl sites for hydroxylation is 1. The van der Waals surface area contributed by atoms with E-state index in [1.54, 1.807) is 0 Å². The summed E-state index contributed by atoms with van der Waals surface area (Å²) < 4.78 is 103. The van der Waals surface area contributed by atoms with E-state index in [9.17, 15) is 45.4 Å². The maximum absolute atomic E-state index is 13.7. The fourth-order valence-electron chi connectivity index (χ4n) is 3.71. The van der Waals surface area contributed by atoms with Gasteiger partial charge < -0.3 is 19.1 Å². The molecule has 40 heavy (non-hydrogen) atoms. The molecule has 0 amide bonds. The standard InChI is InChI=1S/C23H16ClF7N4O5/c1-34-17-19(35(21(38)33-20(17)37)8-16(36)22(26,27)28)32-18(34)11-3-5-14(15(7-11)40-23(29,30)31)39-9-10-2-4-12(24)13(25)6-10/h2-7,16,36H,8-9H2,1H3,(H,33,37,38)/t16-/m0/s1. The van der Waals surface area contributed by atoms with Gasteiger partial charge in [0.15, 0.2) is 28.8 Å². The topological polar surface area (TPSA) is 111 Å². The third-order valence-corrected chi connectivity index (χ3v) is 5.86. The second kappa shape index (κ2) is 10.5. The average Bonchev–Trinajstić information content (AvgIpc) is 3.18. The smallest absolute Gasteiger partial charge is 0.485 e. The minimum Gasteiger partial charge on any atom is -0.485 e. The molecule has 4 rings (SSSR count). The number of H-pyrrole nitrogens is 1. The van der Waals surface area contributed by atoms with E-state index < -0.39 is 64.9 Å². The Balaban J connectivity index is 1.78. The molecule has 0 aliphatic carbocycles. The van der Waals surface area contributed by atoms with Crippen molar-refractivity contribution < 1.29 is 45.3 Å². The number of hydrogen-bond donors (Lipinski definition) is 2. The highest BCUT2D eigenvalue weighted by atomic mass is 35.5. The van der Waals surface area contributed by atoms with Crippen LogP contribution in [0.1, 0.15) is 5.56 Å². The molecular formula is C23H16ClF7N4O5. The third kappa shape index (κ3) is 6.07. The lowest BCUT2D eigenvalue weighted by Gasteiger charge is -2.15. The predicted molar refractivity (Wildman–Crippen MR) is 126 cm³/mol. The van der Waals surface area contributed by atoms with Gasteiger partial charge in [0.05, 0.1) is 11.6 Å². The van der Waals surface area contributed by atoms with Crippen LogP contribution in [0.4, 0.5) is 30.7 Å². The number of nitrogens with one attached hydrogen (secondary N) is 1. The first-order valence-corrected chi connectivity index (χ1v) is 11.3. The van der Waals surface area contributed by atoms with Crippen LogP contribution in [0.25, 0.3) is 22.6 Å². The third-order valence-electron chi connectivity index (χ3n) is 5.55. The molecule has 4 aromatic rings. The molecule has 9 nitrogen and oxygen atoms in total. The summed E-state index contributed by atoms with van der Waals surface area (Å²) in [6.07, 6.45) is -13.3. The summed E-state index contributed by atoms with van der Waals surface area (Å²) >= 11 is 5.61. The summed E-state index contributed by atoms with van der Waals surface area (Å²) in [6, 6.07) is 6.75. The second-order valence-corrected chi connectivity index (χ2v) is 8.75. The van der Waals surface area contributed by atoms with Crippen molar-refractivity contribution in [2.24, 2.45) is 7.05 Å². The van der Waals surface area contributed by atoms with Crippen LogP contribution in [0.5, 0.6) is 11.5 Å². The predicted octanol–water partition coefficient (Wildman–Crippen LogP) is 4.28. The Hall–Kier alpha value is -4.05. The summed E-state index contributed by atoms with van der Waals surface area (Å²) in [6.45, 7) is -1.69. The monoisotopic (exact) mass is 596 g/mol. The van der Waals surface area contributed by atoms with Crippen molar-refractivity contribution in [2.75, 3.05) is 0 Å². The second-order valence-electron chi connectivity index (χ2n) is 8.34. The van der Waals surface area contributed by atoms with E-state index in [4.69, 9.17) is 16.3 Å². The highest BCUT2D eigenvalue weighted by Gasteiger charge is 2.39. The number of fused-ring (bicyclic) bond motifs is 1. The number of aromatic amines is 1. The van der Waals surface area contributed by atoms with Gasteiger partial charge in [0.2, 0.25) is 0 Å². The number of alkyl halides is 6. The SMILES string of the molecule is Cn1c(-c2ccc(OCc3ccc(Cl)c(F)c3)c(OC(F)(F)F)c2)nc2c1c(=O)[nH]c(=O)n2C[C@H](O)C(F)(F)F. The van der Waals surface area contributed by atoms with E-state index in [2.05, 4.69) is 9.72 Å². The molecule has 2 aromatic heterocycles. The van der Waals surface area contributed by atoms with Crippen LogP contribution in [-0.2, 0) is 20.2 Å². The fourth-order valence-corrected chi connectivity index (χ4v) is 3.83. The average molecular weight is 597 g/mol. The molecule has 0 radical (unpaired) electrons. The number of rotatable bonds is 7. The van der Waals surface area contributed by atoms with E-state index in [1.165, 1.54) is 25.2 Å². The van der Waals surface area contributed by atoms with Crippen molar-refractivity contribution >= 4 is 22.8 Å². The Morgan fingerprint density at radius 1 is 1.07 bits per heavy atom. The number of aromatic nitrogens is 4. The summed E-state index contributed by atoms with van der Waals surface area (Å²) in [4.78, 5) is 30.5. The van der Waals surface area contributed by atoms with E-state index in [1.807, 2.05) is 4.98 Å². The van der Waals surface area contributed by atoms with E-state index in [-0.39, 0.29) is 28.6 Å². The van der Waals surface area contributed by atoms with Crippen molar-refractivity contribution in [3.63, 3.8) is 0 Å². The summed E-state index contributed by atoms with van der Waals surface area (Å²) in [5, 5.41) is 9.27. The van der Waals surface area contributed by atoms with Crippen LogP contribution in [0.15, 0.2) is 46.0 Å². The quantitative estimate of drug-likeness (QED) is 0.308. The minimum atomic E-state index is -5.18. The number of imidazole rings is 1. The van der Waals surface area contributed by atoms with E-state index >= 15 is 0 Å². The first-order valence-electron chi connectivity index (χ1n) is 11.0. The lowest BCUT2D eigenvalue weighted by atomic mass is 10.2. The first-order chi connectivity index (χ1) is 18.5. The van der Waals surface area contributed by atoms with Crippen LogP contribution in [0.3, 0.4) is 0 Å². The Labute approximate surface area is 223 Å². The molecule has 0 unspecified atom stereocenters. The number of aliphatic hydroxyl groups excluding tert-OH is 1. The molecule has 0 saturated heterocycles. The normalized spacial score (nSPS) is 13.1. The van der Waals surface area contributed by atoms with Gasteiger partial charge in [-0.2, -0.15) is 13.2 Å². The highest BCUT2D eigenvalue weighted by Crippen LogP contribution is 2.37. The lowest BCUT2D eigenvalue weighted by Crippen LogP contribution is -2.39.